The molecule has 1 N–H and O–H groups in total. The highest BCUT2D eigenvalue weighted by atomic mass is 32.1. The molecule has 5 heteroatoms. The summed E-state index contributed by atoms with van der Waals surface area (Å²) in [5.74, 6) is 0. The van der Waals surface area contributed by atoms with Gasteiger partial charge in [-0.15, -0.1) is 0 Å². The molecule has 0 aliphatic heterocycles. The Morgan fingerprint density at radius 1 is 1.32 bits per heavy atom. The van der Waals surface area contributed by atoms with E-state index < -0.39 is 0 Å². The van der Waals surface area contributed by atoms with Gasteiger partial charge in [0.15, 0.2) is 0 Å². The third-order valence-electron chi connectivity index (χ3n) is 2.66. The number of hydrogen-bond donors (Lipinski definition) is 1. The molecule has 0 radical (unpaired) electrons. The molecule has 0 fully saturated rings. The van der Waals surface area contributed by atoms with Gasteiger partial charge in [0.25, 0.3) is 0 Å². The van der Waals surface area contributed by atoms with Crippen LogP contribution in [0, 0.1) is 0 Å². The summed E-state index contributed by atoms with van der Waals surface area (Å²) in [6, 6.07) is 11.7. The first kappa shape index (κ1) is 13.5. The number of amides is 2. The van der Waals surface area contributed by atoms with Crippen LogP contribution in [0.25, 0.3) is 0 Å². The maximum atomic E-state index is 12.2. The smallest absolute Gasteiger partial charge is 0.320 e. The molecule has 100 valence electrons. The van der Waals surface area contributed by atoms with Crippen molar-refractivity contribution in [2.24, 2.45) is 0 Å². The Balaban J connectivity index is 2.00. The molecule has 0 saturated heterocycles. The minimum absolute atomic E-state index is 0.0741. The van der Waals surface area contributed by atoms with Crippen LogP contribution in [0.1, 0.15) is 18.9 Å². The van der Waals surface area contributed by atoms with E-state index in [4.69, 9.17) is 0 Å². The topological polar surface area (TPSA) is 45.2 Å². The van der Waals surface area contributed by atoms with E-state index in [1.54, 1.807) is 12.3 Å². The van der Waals surface area contributed by atoms with Gasteiger partial charge in [0, 0.05) is 19.3 Å². The average molecular weight is 275 g/mol. The van der Waals surface area contributed by atoms with Gasteiger partial charge in [0.1, 0.15) is 5.00 Å². The minimum atomic E-state index is -0.0741. The van der Waals surface area contributed by atoms with Crippen molar-refractivity contribution in [3.8, 4) is 0 Å². The number of aromatic nitrogens is 1. The third-order valence-corrected chi connectivity index (χ3v) is 3.33. The summed E-state index contributed by atoms with van der Waals surface area (Å²) in [6.07, 6.45) is 2.62. The Bertz CT molecular complexity index is 499. The van der Waals surface area contributed by atoms with Crippen LogP contribution in [-0.2, 0) is 6.54 Å². The maximum absolute atomic E-state index is 12.2. The van der Waals surface area contributed by atoms with Gasteiger partial charge in [-0.1, -0.05) is 37.3 Å². The van der Waals surface area contributed by atoms with Crippen LogP contribution in [0.2, 0.25) is 0 Å². The van der Waals surface area contributed by atoms with Crippen LogP contribution in [-0.4, -0.2) is 21.8 Å². The summed E-state index contributed by atoms with van der Waals surface area (Å²) in [4.78, 5) is 14.0. The second kappa shape index (κ2) is 6.89. The first-order valence-corrected chi connectivity index (χ1v) is 7.07. The zero-order valence-corrected chi connectivity index (χ0v) is 11.7. The predicted octanol–water partition coefficient (Wildman–Crippen LogP) is 3.59. The van der Waals surface area contributed by atoms with E-state index in [9.17, 15) is 4.79 Å². The number of benzene rings is 1. The summed E-state index contributed by atoms with van der Waals surface area (Å²) < 4.78 is 3.97. The first-order valence-electron chi connectivity index (χ1n) is 6.30. The molecular formula is C14H17N3OS. The lowest BCUT2D eigenvalue weighted by atomic mass is 10.2. The van der Waals surface area contributed by atoms with E-state index in [1.807, 2.05) is 35.2 Å². The third kappa shape index (κ3) is 4.06. The van der Waals surface area contributed by atoms with Gasteiger partial charge < -0.3 is 4.90 Å². The Morgan fingerprint density at radius 2 is 2.11 bits per heavy atom. The first-order chi connectivity index (χ1) is 9.29. The number of nitrogens with zero attached hydrogens (tertiary/aromatic N) is 2. The Kier molecular flexibility index (Phi) is 4.92. The predicted molar refractivity (Wildman–Crippen MR) is 78.3 cm³/mol. The summed E-state index contributed by atoms with van der Waals surface area (Å²) in [7, 11) is 0. The van der Waals surface area contributed by atoms with E-state index in [2.05, 4.69) is 16.6 Å². The zero-order valence-electron chi connectivity index (χ0n) is 10.9. The van der Waals surface area contributed by atoms with Crippen molar-refractivity contribution >= 4 is 22.6 Å². The summed E-state index contributed by atoms with van der Waals surface area (Å²) >= 11 is 1.28. The SMILES string of the molecule is CCCN(Cc1ccccc1)C(=O)Nc1ccns1. The van der Waals surface area contributed by atoms with Crippen LogP contribution in [0.15, 0.2) is 42.6 Å². The Labute approximate surface area is 117 Å². The van der Waals surface area contributed by atoms with Crippen molar-refractivity contribution in [2.75, 3.05) is 11.9 Å². The second-order valence-corrected chi connectivity index (χ2v) is 5.05. The van der Waals surface area contributed by atoms with Crippen molar-refractivity contribution in [1.29, 1.82) is 0 Å². The molecule has 0 saturated carbocycles. The minimum Gasteiger partial charge on any atom is -0.320 e. The van der Waals surface area contributed by atoms with E-state index in [1.165, 1.54) is 11.5 Å². The molecule has 1 heterocycles. The van der Waals surface area contributed by atoms with E-state index in [0.29, 0.717) is 6.54 Å². The highest BCUT2D eigenvalue weighted by Crippen LogP contribution is 2.13. The van der Waals surface area contributed by atoms with E-state index in [0.717, 1.165) is 23.5 Å². The fourth-order valence-electron chi connectivity index (χ4n) is 1.79. The number of urea groups is 1. The molecule has 2 rings (SSSR count). The molecule has 0 unspecified atom stereocenters. The van der Waals surface area contributed by atoms with Crippen LogP contribution < -0.4 is 5.32 Å². The van der Waals surface area contributed by atoms with Gasteiger partial charge in [-0.05, 0) is 29.6 Å². The van der Waals surface area contributed by atoms with Crippen LogP contribution in [0.4, 0.5) is 9.80 Å². The molecule has 0 aliphatic carbocycles. The van der Waals surface area contributed by atoms with Crippen molar-refractivity contribution in [1.82, 2.24) is 9.27 Å². The van der Waals surface area contributed by atoms with E-state index >= 15 is 0 Å². The zero-order chi connectivity index (χ0) is 13.5. The molecule has 4 nitrogen and oxygen atoms in total. The normalized spacial score (nSPS) is 10.2. The number of carbonyl (C=O) groups is 1. The standard InChI is InChI=1S/C14H17N3OS/c1-2-10-17(11-12-6-4-3-5-7-12)14(18)16-13-8-9-15-19-13/h3-9H,2,10-11H2,1H3,(H,16,18). The summed E-state index contributed by atoms with van der Waals surface area (Å²) in [5.41, 5.74) is 1.13. The van der Waals surface area contributed by atoms with Gasteiger partial charge >= 0.3 is 6.03 Å². The summed E-state index contributed by atoms with van der Waals surface area (Å²) in [6.45, 7) is 3.43. The second-order valence-electron chi connectivity index (χ2n) is 4.21. The van der Waals surface area contributed by atoms with Gasteiger partial charge in [0.05, 0.1) is 0 Å². The molecule has 0 aliphatic rings. The molecule has 0 atom stereocenters. The van der Waals surface area contributed by atoms with Gasteiger partial charge in [-0.25, -0.2) is 4.79 Å². The molecule has 2 amide bonds. The number of nitrogens with one attached hydrogen (secondary N) is 1. The van der Waals surface area contributed by atoms with E-state index in [-0.39, 0.29) is 6.03 Å². The molecule has 0 spiro atoms. The molecule has 2 aromatic rings. The molecule has 0 bridgehead atoms. The average Bonchev–Trinajstić information content (AvgIpc) is 2.92. The fraction of sp³-hybridized carbons (Fsp3) is 0.286. The van der Waals surface area contributed by atoms with Crippen molar-refractivity contribution in [3.63, 3.8) is 0 Å². The number of carbonyl (C=O) groups excluding carboxylic acids is 1. The molecular weight excluding hydrogens is 258 g/mol. The Hall–Kier alpha value is -1.88. The fourth-order valence-corrected chi connectivity index (χ4v) is 2.28. The van der Waals surface area contributed by atoms with Gasteiger partial charge in [-0.3, -0.25) is 5.32 Å². The molecule has 19 heavy (non-hydrogen) atoms. The lowest BCUT2D eigenvalue weighted by Crippen LogP contribution is -2.34. The number of hydrogen-bond acceptors (Lipinski definition) is 3. The lowest BCUT2D eigenvalue weighted by molar-refractivity contribution is 0.209. The van der Waals surface area contributed by atoms with Crippen LogP contribution in [0.5, 0.6) is 0 Å². The van der Waals surface area contributed by atoms with Crippen LogP contribution in [0.3, 0.4) is 0 Å². The highest BCUT2D eigenvalue weighted by molar-refractivity contribution is 7.10. The monoisotopic (exact) mass is 275 g/mol. The van der Waals surface area contributed by atoms with Gasteiger partial charge in [0.2, 0.25) is 0 Å². The number of anilines is 1. The summed E-state index contributed by atoms with van der Waals surface area (Å²) in [5, 5.41) is 3.65. The van der Waals surface area contributed by atoms with Crippen molar-refractivity contribution in [3.05, 3.63) is 48.2 Å². The largest absolute Gasteiger partial charge is 0.322 e. The van der Waals surface area contributed by atoms with Crippen molar-refractivity contribution < 1.29 is 4.79 Å². The molecule has 1 aromatic heterocycles. The van der Waals surface area contributed by atoms with Crippen molar-refractivity contribution in [2.45, 2.75) is 19.9 Å². The van der Waals surface area contributed by atoms with Crippen LogP contribution >= 0.6 is 11.5 Å². The lowest BCUT2D eigenvalue weighted by Gasteiger charge is -2.22. The Morgan fingerprint density at radius 3 is 2.74 bits per heavy atom. The number of rotatable bonds is 5. The highest BCUT2D eigenvalue weighted by Gasteiger charge is 2.13. The molecule has 1 aromatic carbocycles. The maximum Gasteiger partial charge on any atom is 0.322 e. The van der Waals surface area contributed by atoms with Gasteiger partial charge in [-0.2, -0.15) is 4.37 Å². The quantitative estimate of drug-likeness (QED) is 0.906.